The minimum Gasteiger partial charge on any atom is -0.354 e. The molecule has 1 N–H and O–H groups in total. The summed E-state index contributed by atoms with van der Waals surface area (Å²) in [5.41, 5.74) is 0. The van der Waals surface area contributed by atoms with E-state index in [1.54, 1.807) is 23.5 Å². The van der Waals surface area contributed by atoms with Crippen LogP contribution in [0.4, 0.5) is 5.82 Å². The number of hydrogen-bond acceptors (Lipinski definition) is 4. The van der Waals surface area contributed by atoms with Gasteiger partial charge in [-0.15, -0.1) is 0 Å². The highest BCUT2D eigenvalue weighted by Crippen LogP contribution is 2.27. The molecule has 86 valence electrons. The number of carbonyl (C=O) groups is 1. The van der Waals surface area contributed by atoms with Gasteiger partial charge in [-0.1, -0.05) is 0 Å². The second-order valence-electron chi connectivity index (χ2n) is 4.17. The number of hydrogen-bond donors (Lipinski definition) is 1. The molecule has 0 saturated heterocycles. The van der Waals surface area contributed by atoms with Gasteiger partial charge in [0.1, 0.15) is 5.82 Å². The molecule has 0 spiro atoms. The molecule has 16 heavy (non-hydrogen) atoms. The molecule has 5 nitrogen and oxygen atoms in total. The molecular formula is C11H16N4O. The zero-order valence-electron chi connectivity index (χ0n) is 9.39. The second kappa shape index (κ2) is 4.92. The smallest absolute Gasteiger partial charge is 0.239 e. The van der Waals surface area contributed by atoms with Gasteiger partial charge in [-0.05, 0) is 18.8 Å². The number of aromatic nitrogens is 2. The van der Waals surface area contributed by atoms with Crippen molar-refractivity contribution in [3.8, 4) is 0 Å². The molecule has 2 rings (SSSR count). The molecule has 0 radical (unpaired) electrons. The lowest BCUT2D eigenvalue weighted by Crippen LogP contribution is -2.36. The number of rotatable bonds is 5. The molecule has 1 amide bonds. The first-order valence-corrected chi connectivity index (χ1v) is 5.49. The lowest BCUT2D eigenvalue weighted by atomic mass is 10.4. The molecule has 1 aliphatic carbocycles. The molecule has 1 saturated carbocycles. The van der Waals surface area contributed by atoms with Crippen molar-refractivity contribution < 1.29 is 4.79 Å². The van der Waals surface area contributed by atoms with Crippen LogP contribution in [0.1, 0.15) is 12.8 Å². The van der Waals surface area contributed by atoms with Crippen molar-refractivity contribution in [1.29, 1.82) is 0 Å². The number of anilines is 1. The van der Waals surface area contributed by atoms with Crippen LogP contribution in [0.3, 0.4) is 0 Å². The fraction of sp³-hybridized carbons (Fsp3) is 0.545. The van der Waals surface area contributed by atoms with Crippen LogP contribution in [0.5, 0.6) is 0 Å². The van der Waals surface area contributed by atoms with Crippen molar-refractivity contribution in [2.24, 2.45) is 5.92 Å². The number of nitrogens with one attached hydrogen (secondary N) is 1. The van der Waals surface area contributed by atoms with E-state index < -0.39 is 0 Å². The van der Waals surface area contributed by atoms with Gasteiger partial charge in [0.05, 0.1) is 12.7 Å². The molecule has 1 fully saturated rings. The SMILES string of the molecule is CN(CC(=O)NCC1CC1)c1cnccn1. The van der Waals surface area contributed by atoms with Crippen molar-refractivity contribution in [3.05, 3.63) is 18.6 Å². The van der Waals surface area contributed by atoms with E-state index in [1.165, 1.54) is 12.8 Å². The van der Waals surface area contributed by atoms with Crippen LogP contribution in [0, 0.1) is 5.92 Å². The largest absolute Gasteiger partial charge is 0.354 e. The average molecular weight is 220 g/mol. The Bertz CT molecular complexity index is 350. The highest BCUT2D eigenvalue weighted by Gasteiger charge is 2.21. The Morgan fingerprint density at radius 1 is 1.56 bits per heavy atom. The van der Waals surface area contributed by atoms with Gasteiger partial charge < -0.3 is 10.2 Å². The van der Waals surface area contributed by atoms with Crippen molar-refractivity contribution in [2.45, 2.75) is 12.8 Å². The second-order valence-corrected chi connectivity index (χ2v) is 4.17. The lowest BCUT2D eigenvalue weighted by molar-refractivity contribution is -0.119. The summed E-state index contributed by atoms with van der Waals surface area (Å²) in [6.45, 7) is 1.14. The minimum atomic E-state index is 0.0417. The predicted molar refractivity (Wildman–Crippen MR) is 61.0 cm³/mol. The highest BCUT2D eigenvalue weighted by molar-refractivity contribution is 5.80. The van der Waals surface area contributed by atoms with E-state index >= 15 is 0 Å². The monoisotopic (exact) mass is 220 g/mol. The van der Waals surface area contributed by atoms with Gasteiger partial charge in [-0.2, -0.15) is 0 Å². The topological polar surface area (TPSA) is 58.1 Å². The summed E-state index contributed by atoms with van der Waals surface area (Å²) in [5.74, 6) is 1.47. The Kier molecular flexibility index (Phi) is 3.34. The first-order chi connectivity index (χ1) is 7.75. The molecule has 5 heteroatoms. The maximum atomic E-state index is 11.6. The van der Waals surface area contributed by atoms with Gasteiger partial charge in [0.25, 0.3) is 0 Å². The van der Waals surface area contributed by atoms with Gasteiger partial charge >= 0.3 is 0 Å². The summed E-state index contributed by atoms with van der Waals surface area (Å²) in [5, 5.41) is 2.92. The molecule has 0 atom stereocenters. The van der Waals surface area contributed by atoms with Gasteiger partial charge in [-0.25, -0.2) is 4.98 Å². The Morgan fingerprint density at radius 2 is 2.38 bits per heavy atom. The Balaban J connectivity index is 1.77. The average Bonchev–Trinajstić information content (AvgIpc) is 3.11. The molecule has 0 unspecified atom stereocenters. The standard InChI is InChI=1S/C11H16N4O/c1-15(10-7-12-4-5-13-10)8-11(16)14-6-9-2-3-9/h4-5,7,9H,2-3,6,8H2,1H3,(H,14,16). The van der Waals surface area contributed by atoms with E-state index in [2.05, 4.69) is 15.3 Å². The summed E-state index contributed by atoms with van der Waals surface area (Å²) in [4.78, 5) is 21.4. The fourth-order valence-electron chi connectivity index (χ4n) is 1.42. The maximum Gasteiger partial charge on any atom is 0.239 e. The normalized spacial score (nSPS) is 14.6. The van der Waals surface area contributed by atoms with E-state index in [0.717, 1.165) is 6.54 Å². The first-order valence-electron chi connectivity index (χ1n) is 5.49. The third kappa shape index (κ3) is 3.18. The van der Waals surface area contributed by atoms with Crippen LogP contribution >= 0.6 is 0 Å². The molecule has 0 bridgehead atoms. The Hall–Kier alpha value is -1.65. The third-order valence-corrected chi connectivity index (χ3v) is 2.61. The van der Waals surface area contributed by atoms with E-state index in [1.807, 2.05) is 7.05 Å². The van der Waals surface area contributed by atoms with Gasteiger partial charge in [0, 0.05) is 26.0 Å². The molecular weight excluding hydrogens is 204 g/mol. The molecule has 1 heterocycles. The highest BCUT2D eigenvalue weighted by atomic mass is 16.2. The van der Waals surface area contributed by atoms with Gasteiger partial charge in [-0.3, -0.25) is 9.78 Å². The van der Waals surface area contributed by atoms with Crippen LogP contribution in [-0.4, -0.2) is 36.0 Å². The van der Waals surface area contributed by atoms with E-state index in [4.69, 9.17) is 0 Å². The van der Waals surface area contributed by atoms with Crippen LogP contribution in [0.25, 0.3) is 0 Å². The maximum absolute atomic E-state index is 11.6. The number of nitrogens with zero attached hydrogens (tertiary/aromatic N) is 3. The quantitative estimate of drug-likeness (QED) is 0.782. The minimum absolute atomic E-state index is 0.0417. The van der Waals surface area contributed by atoms with E-state index in [-0.39, 0.29) is 5.91 Å². The van der Waals surface area contributed by atoms with Crippen LogP contribution in [-0.2, 0) is 4.79 Å². The first kappa shape index (κ1) is 10.9. The van der Waals surface area contributed by atoms with Crippen LogP contribution < -0.4 is 10.2 Å². The summed E-state index contributed by atoms with van der Waals surface area (Å²) < 4.78 is 0. The summed E-state index contributed by atoms with van der Waals surface area (Å²) in [7, 11) is 1.83. The van der Waals surface area contributed by atoms with E-state index in [0.29, 0.717) is 18.3 Å². The fourth-order valence-corrected chi connectivity index (χ4v) is 1.42. The Labute approximate surface area is 94.9 Å². The van der Waals surface area contributed by atoms with Crippen molar-refractivity contribution in [2.75, 3.05) is 25.0 Å². The van der Waals surface area contributed by atoms with Gasteiger partial charge in [0.2, 0.25) is 5.91 Å². The third-order valence-electron chi connectivity index (χ3n) is 2.61. The van der Waals surface area contributed by atoms with Crippen LogP contribution in [0.15, 0.2) is 18.6 Å². The molecule has 1 aromatic heterocycles. The number of amides is 1. The number of likely N-dealkylation sites (N-methyl/N-ethyl adjacent to an activating group) is 1. The molecule has 1 aromatic rings. The lowest BCUT2D eigenvalue weighted by Gasteiger charge is -2.16. The summed E-state index contributed by atoms with van der Waals surface area (Å²) in [6.07, 6.45) is 7.38. The van der Waals surface area contributed by atoms with E-state index in [9.17, 15) is 4.79 Å². The zero-order chi connectivity index (χ0) is 11.4. The molecule has 1 aliphatic rings. The summed E-state index contributed by atoms with van der Waals surface area (Å²) >= 11 is 0. The van der Waals surface area contributed by atoms with Crippen molar-refractivity contribution in [1.82, 2.24) is 15.3 Å². The molecule has 0 aromatic carbocycles. The number of carbonyl (C=O) groups excluding carboxylic acids is 1. The van der Waals surface area contributed by atoms with Crippen molar-refractivity contribution >= 4 is 11.7 Å². The van der Waals surface area contributed by atoms with Crippen LogP contribution in [0.2, 0.25) is 0 Å². The summed E-state index contributed by atoms with van der Waals surface area (Å²) in [6, 6.07) is 0. The molecule has 0 aliphatic heterocycles. The van der Waals surface area contributed by atoms with Gasteiger partial charge in [0.15, 0.2) is 0 Å². The van der Waals surface area contributed by atoms with Crippen molar-refractivity contribution in [3.63, 3.8) is 0 Å². The predicted octanol–water partition coefficient (Wildman–Crippen LogP) is 0.439. The Morgan fingerprint density at radius 3 is 3.00 bits per heavy atom. The zero-order valence-corrected chi connectivity index (χ0v) is 9.39.